The van der Waals surface area contributed by atoms with E-state index in [1.165, 1.54) is 0 Å². The highest BCUT2D eigenvalue weighted by Crippen LogP contribution is 2.30. The number of methoxy groups -OCH3 is 1. The van der Waals surface area contributed by atoms with Crippen LogP contribution in [0.25, 0.3) is 16.7 Å². The minimum atomic E-state index is 0.350. The van der Waals surface area contributed by atoms with E-state index in [9.17, 15) is 0 Å². The number of hydrogen-bond donors (Lipinski definition) is 0. The first kappa shape index (κ1) is 14.4. The van der Waals surface area contributed by atoms with Gasteiger partial charge in [0.05, 0.1) is 29.7 Å². The summed E-state index contributed by atoms with van der Waals surface area (Å²) >= 11 is 9.67. The molecule has 3 rings (SSSR count). The molecule has 0 radical (unpaired) electrons. The topological polar surface area (TPSA) is 27.1 Å². The van der Waals surface area contributed by atoms with Gasteiger partial charge >= 0.3 is 0 Å². The van der Waals surface area contributed by atoms with Crippen LogP contribution in [-0.4, -0.2) is 16.7 Å². The molecule has 0 N–H and O–H groups in total. The number of nitrogens with zero attached hydrogens (tertiary/aromatic N) is 2. The number of hydrogen-bond acceptors (Lipinski definition) is 2. The van der Waals surface area contributed by atoms with E-state index >= 15 is 0 Å². The van der Waals surface area contributed by atoms with E-state index in [2.05, 4.69) is 38.5 Å². The molecule has 0 spiro atoms. The predicted molar refractivity (Wildman–Crippen MR) is 89.6 cm³/mol. The quantitative estimate of drug-likeness (QED) is 0.621. The Balaban J connectivity index is 2.36. The number of imidazole rings is 1. The van der Waals surface area contributed by atoms with E-state index in [0.29, 0.717) is 5.88 Å². The van der Waals surface area contributed by atoms with Crippen LogP contribution in [0.1, 0.15) is 11.4 Å². The standard InChI is InChI=1S/C16H14BrClN2O/c1-10-12(17)4-3-5-14(10)20-15-8-11(21-2)6-7-13(15)19-16(20)9-18/h3-8H,9H2,1-2H3. The van der Waals surface area contributed by atoms with E-state index in [4.69, 9.17) is 16.3 Å². The first-order valence-corrected chi connectivity index (χ1v) is 7.85. The molecule has 3 nitrogen and oxygen atoms in total. The molecule has 0 amide bonds. The van der Waals surface area contributed by atoms with Gasteiger partial charge in [0.2, 0.25) is 0 Å². The van der Waals surface area contributed by atoms with Gasteiger partial charge in [-0.25, -0.2) is 4.98 Å². The molecule has 2 aromatic carbocycles. The molecule has 0 unspecified atom stereocenters. The van der Waals surface area contributed by atoms with E-state index < -0.39 is 0 Å². The molecule has 21 heavy (non-hydrogen) atoms. The van der Waals surface area contributed by atoms with Gasteiger partial charge in [-0.15, -0.1) is 11.6 Å². The average Bonchev–Trinajstić information content (AvgIpc) is 2.87. The second-order valence-corrected chi connectivity index (χ2v) is 5.86. The van der Waals surface area contributed by atoms with Crippen molar-refractivity contribution in [3.63, 3.8) is 0 Å². The smallest absolute Gasteiger partial charge is 0.129 e. The number of ether oxygens (including phenoxy) is 1. The summed E-state index contributed by atoms with van der Waals surface area (Å²) in [6.07, 6.45) is 0. The first-order valence-electron chi connectivity index (χ1n) is 6.52. The van der Waals surface area contributed by atoms with Crippen LogP contribution >= 0.6 is 27.5 Å². The minimum Gasteiger partial charge on any atom is -0.497 e. The van der Waals surface area contributed by atoms with Crippen molar-refractivity contribution in [1.82, 2.24) is 9.55 Å². The van der Waals surface area contributed by atoms with Crippen molar-refractivity contribution in [2.45, 2.75) is 12.8 Å². The highest BCUT2D eigenvalue weighted by Gasteiger charge is 2.15. The summed E-state index contributed by atoms with van der Waals surface area (Å²) < 4.78 is 8.48. The summed E-state index contributed by atoms with van der Waals surface area (Å²) in [5, 5.41) is 0. The molecule has 1 heterocycles. The third kappa shape index (κ3) is 2.43. The van der Waals surface area contributed by atoms with Crippen molar-refractivity contribution in [2.75, 3.05) is 7.11 Å². The van der Waals surface area contributed by atoms with Crippen LogP contribution in [0.2, 0.25) is 0 Å². The summed E-state index contributed by atoms with van der Waals surface area (Å²) in [7, 11) is 1.66. The lowest BCUT2D eigenvalue weighted by Crippen LogP contribution is -2.02. The van der Waals surface area contributed by atoms with Crippen LogP contribution in [0.15, 0.2) is 40.9 Å². The zero-order chi connectivity index (χ0) is 15.0. The van der Waals surface area contributed by atoms with Crippen molar-refractivity contribution < 1.29 is 4.74 Å². The van der Waals surface area contributed by atoms with Crippen LogP contribution in [0, 0.1) is 6.92 Å². The van der Waals surface area contributed by atoms with E-state index in [1.807, 2.05) is 30.3 Å². The second-order valence-electron chi connectivity index (χ2n) is 4.74. The van der Waals surface area contributed by atoms with Crippen LogP contribution in [0.3, 0.4) is 0 Å². The molecule has 0 aliphatic rings. The van der Waals surface area contributed by atoms with Gasteiger partial charge < -0.3 is 4.74 Å². The van der Waals surface area contributed by atoms with Crippen LogP contribution < -0.4 is 4.74 Å². The van der Waals surface area contributed by atoms with Gasteiger partial charge in [-0.3, -0.25) is 4.57 Å². The van der Waals surface area contributed by atoms with Gasteiger partial charge in [0, 0.05) is 10.5 Å². The van der Waals surface area contributed by atoms with Crippen molar-refractivity contribution in [3.8, 4) is 11.4 Å². The third-order valence-electron chi connectivity index (χ3n) is 3.53. The van der Waals surface area contributed by atoms with Crippen LogP contribution in [0.4, 0.5) is 0 Å². The van der Waals surface area contributed by atoms with E-state index in [0.717, 1.165) is 38.3 Å². The van der Waals surface area contributed by atoms with Gasteiger partial charge in [-0.1, -0.05) is 22.0 Å². The fourth-order valence-electron chi connectivity index (χ4n) is 2.43. The Kier molecular flexibility index (Phi) is 3.91. The molecule has 108 valence electrons. The average molecular weight is 366 g/mol. The summed E-state index contributed by atoms with van der Waals surface area (Å²) in [6.45, 7) is 2.07. The first-order chi connectivity index (χ1) is 10.2. The predicted octanol–water partition coefficient (Wildman–Crippen LogP) is 4.84. The van der Waals surface area contributed by atoms with Crippen molar-refractivity contribution in [3.05, 3.63) is 52.3 Å². The molecule has 0 aliphatic carbocycles. The Morgan fingerprint density at radius 2 is 2.10 bits per heavy atom. The molecule has 0 bridgehead atoms. The third-order valence-corrected chi connectivity index (χ3v) is 4.63. The number of alkyl halides is 1. The highest BCUT2D eigenvalue weighted by atomic mass is 79.9. The Bertz CT molecular complexity index is 813. The molecule has 0 saturated carbocycles. The van der Waals surface area contributed by atoms with E-state index in [1.54, 1.807) is 7.11 Å². The van der Waals surface area contributed by atoms with Crippen molar-refractivity contribution in [2.24, 2.45) is 0 Å². The van der Waals surface area contributed by atoms with Gasteiger partial charge in [0.25, 0.3) is 0 Å². The Labute approximate surface area is 136 Å². The fourth-order valence-corrected chi connectivity index (χ4v) is 2.96. The molecule has 1 aromatic heterocycles. The van der Waals surface area contributed by atoms with Gasteiger partial charge in [-0.2, -0.15) is 0 Å². The Morgan fingerprint density at radius 1 is 1.29 bits per heavy atom. The number of rotatable bonds is 3. The summed E-state index contributed by atoms with van der Waals surface area (Å²) in [5.74, 6) is 1.97. The number of fused-ring (bicyclic) bond motifs is 1. The highest BCUT2D eigenvalue weighted by molar-refractivity contribution is 9.10. The number of halogens is 2. The maximum absolute atomic E-state index is 6.09. The van der Waals surface area contributed by atoms with Crippen LogP contribution in [-0.2, 0) is 5.88 Å². The zero-order valence-corrected chi connectivity index (χ0v) is 14.1. The van der Waals surface area contributed by atoms with E-state index in [-0.39, 0.29) is 0 Å². The Hall–Kier alpha value is -1.52. The maximum atomic E-state index is 6.09. The molecule has 0 aliphatic heterocycles. The number of benzene rings is 2. The lowest BCUT2D eigenvalue weighted by Gasteiger charge is -2.12. The lowest BCUT2D eigenvalue weighted by molar-refractivity contribution is 0.415. The summed E-state index contributed by atoms with van der Waals surface area (Å²) in [6, 6.07) is 11.9. The normalized spacial score (nSPS) is 11.0. The van der Waals surface area contributed by atoms with Crippen molar-refractivity contribution in [1.29, 1.82) is 0 Å². The summed E-state index contributed by atoms with van der Waals surface area (Å²) in [5.41, 5.74) is 4.11. The molecule has 0 saturated heterocycles. The molecule has 3 aromatic rings. The molecule has 5 heteroatoms. The second kappa shape index (κ2) is 5.70. The zero-order valence-electron chi connectivity index (χ0n) is 11.7. The molecule has 0 atom stereocenters. The minimum absolute atomic E-state index is 0.350. The van der Waals surface area contributed by atoms with Crippen LogP contribution in [0.5, 0.6) is 5.75 Å². The molecular weight excluding hydrogens is 352 g/mol. The Morgan fingerprint density at radius 3 is 2.81 bits per heavy atom. The number of aromatic nitrogens is 2. The van der Waals surface area contributed by atoms with Gasteiger partial charge in [0.15, 0.2) is 0 Å². The monoisotopic (exact) mass is 364 g/mol. The largest absolute Gasteiger partial charge is 0.497 e. The fraction of sp³-hybridized carbons (Fsp3) is 0.188. The van der Waals surface area contributed by atoms with Crippen molar-refractivity contribution >= 4 is 38.6 Å². The maximum Gasteiger partial charge on any atom is 0.129 e. The summed E-state index contributed by atoms with van der Waals surface area (Å²) in [4.78, 5) is 4.61. The lowest BCUT2D eigenvalue weighted by atomic mass is 10.2. The molecule has 0 fully saturated rings. The van der Waals surface area contributed by atoms with Gasteiger partial charge in [0.1, 0.15) is 11.6 Å². The molecular formula is C16H14BrClN2O. The van der Waals surface area contributed by atoms with Gasteiger partial charge in [-0.05, 0) is 36.8 Å². The SMILES string of the molecule is COc1ccc2nc(CCl)n(-c3cccc(Br)c3C)c2c1.